The molecule has 0 aliphatic carbocycles. The second kappa shape index (κ2) is 8.15. The molecule has 0 heterocycles. The van der Waals surface area contributed by atoms with Crippen LogP contribution in [0.15, 0.2) is 0 Å². The zero-order valence-corrected chi connectivity index (χ0v) is 10.0. The fourth-order valence-electron chi connectivity index (χ4n) is 1.64. The van der Waals surface area contributed by atoms with Gasteiger partial charge in [0.1, 0.15) is 0 Å². The second-order valence-electron chi connectivity index (χ2n) is 3.44. The third kappa shape index (κ3) is 5.52. The third-order valence-corrected chi connectivity index (χ3v) is 2.60. The van der Waals surface area contributed by atoms with E-state index in [-0.39, 0.29) is 6.61 Å². The second-order valence-corrected chi connectivity index (χ2v) is 3.96. The molecule has 0 rings (SSSR count). The molecule has 14 heavy (non-hydrogen) atoms. The van der Waals surface area contributed by atoms with Gasteiger partial charge in [-0.15, -0.1) is 0 Å². The normalized spacial score (nSPS) is 13.1. The van der Waals surface area contributed by atoms with E-state index in [0.29, 0.717) is 11.0 Å². The lowest BCUT2D eigenvalue weighted by atomic mass is 10.1. The summed E-state index contributed by atoms with van der Waals surface area (Å²) in [5.41, 5.74) is 5.55. The lowest BCUT2D eigenvalue weighted by Gasteiger charge is -2.29. The Morgan fingerprint density at radius 2 is 2.14 bits per heavy atom. The van der Waals surface area contributed by atoms with Crippen molar-refractivity contribution in [1.29, 1.82) is 0 Å². The molecule has 1 unspecified atom stereocenters. The van der Waals surface area contributed by atoms with Crippen molar-refractivity contribution in [3.8, 4) is 0 Å². The van der Waals surface area contributed by atoms with Crippen molar-refractivity contribution < 1.29 is 5.11 Å². The molecule has 0 saturated heterocycles. The van der Waals surface area contributed by atoms with Crippen LogP contribution in [0.3, 0.4) is 0 Å². The summed E-state index contributed by atoms with van der Waals surface area (Å²) in [5.74, 6) is 0. The average molecular weight is 218 g/mol. The molecule has 0 fully saturated rings. The summed E-state index contributed by atoms with van der Waals surface area (Å²) in [5, 5.41) is 8.77. The van der Waals surface area contributed by atoms with Gasteiger partial charge >= 0.3 is 0 Å². The summed E-state index contributed by atoms with van der Waals surface area (Å²) < 4.78 is 0. The fourth-order valence-corrected chi connectivity index (χ4v) is 1.83. The minimum Gasteiger partial charge on any atom is -0.396 e. The van der Waals surface area contributed by atoms with Crippen molar-refractivity contribution >= 4 is 17.2 Å². The lowest BCUT2D eigenvalue weighted by molar-refractivity contribution is 0.180. The number of aliphatic hydroxyl groups excluding tert-OH is 1. The maximum Gasteiger partial charge on any atom is 0.0743 e. The minimum atomic E-state index is 0.250. The first-order valence-corrected chi connectivity index (χ1v) is 5.69. The van der Waals surface area contributed by atoms with Gasteiger partial charge in [0.05, 0.1) is 4.99 Å². The van der Waals surface area contributed by atoms with Gasteiger partial charge < -0.3 is 15.7 Å². The third-order valence-electron chi connectivity index (χ3n) is 2.43. The Morgan fingerprint density at radius 1 is 1.50 bits per heavy atom. The highest BCUT2D eigenvalue weighted by Crippen LogP contribution is 2.09. The van der Waals surface area contributed by atoms with E-state index < -0.39 is 0 Å². The van der Waals surface area contributed by atoms with Crippen LogP contribution in [0, 0.1) is 0 Å². The van der Waals surface area contributed by atoms with Gasteiger partial charge in [-0.05, 0) is 19.4 Å². The van der Waals surface area contributed by atoms with E-state index in [2.05, 4.69) is 18.7 Å². The Balaban J connectivity index is 4.06. The molecule has 0 aromatic heterocycles. The zero-order chi connectivity index (χ0) is 11.0. The van der Waals surface area contributed by atoms with E-state index >= 15 is 0 Å². The highest BCUT2D eigenvalue weighted by molar-refractivity contribution is 7.80. The van der Waals surface area contributed by atoms with Gasteiger partial charge in [-0.1, -0.05) is 26.1 Å². The maximum absolute atomic E-state index is 8.77. The molecule has 0 amide bonds. The van der Waals surface area contributed by atoms with E-state index in [1.54, 1.807) is 0 Å². The Morgan fingerprint density at radius 3 is 2.50 bits per heavy atom. The van der Waals surface area contributed by atoms with E-state index in [1.807, 2.05) is 0 Å². The number of aliphatic hydroxyl groups is 1. The number of hydrogen-bond donors (Lipinski definition) is 2. The number of hydrogen-bond acceptors (Lipinski definition) is 3. The summed E-state index contributed by atoms with van der Waals surface area (Å²) in [6.07, 6.45) is 2.66. The quantitative estimate of drug-likeness (QED) is 0.600. The molecule has 3 N–H and O–H groups in total. The first-order chi connectivity index (χ1) is 6.65. The lowest BCUT2D eigenvalue weighted by Crippen LogP contribution is -2.38. The van der Waals surface area contributed by atoms with Crippen LogP contribution in [0.25, 0.3) is 0 Å². The molecule has 0 spiro atoms. The van der Waals surface area contributed by atoms with E-state index in [1.165, 1.54) is 0 Å². The van der Waals surface area contributed by atoms with Gasteiger partial charge in [-0.2, -0.15) is 0 Å². The predicted octanol–water partition coefficient (Wildman–Crippen LogP) is 1.15. The molecule has 0 aliphatic heterocycles. The van der Waals surface area contributed by atoms with Crippen molar-refractivity contribution in [3.63, 3.8) is 0 Å². The zero-order valence-electron chi connectivity index (χ0n) is 9.20. The van der Waals surface area contributed by atoms with Gasteiger partial charge in [-0.25, -0.2) is 0 Å². The Hall–Kier alpha value is -0.190. The topological polar surface area (TPSA) is 49.5 Å². The smallest absolute Gasteiger partial charge is 0.0743 e. The molecule has 0 radical (unpaired) electrons. The molecule has 84 valence electrons. The molecular formula is C10H22N2OS. The molecule has 0 saturated carbocycles. The van der Waals surface area contributed by atoms with E-state index in [0.717, 1.165) is 32.4 Å². The van der Waals surface area contributed by atoms with Gasteiger partial charge in [-0.3, -0.25) is 0 Å². The first-order valence-electron chi connectivity index (χ1n) is 5.28. The Bertz CT molecular complexity index is 164. The highest BCUT2D eigenvalue weighted by Gasteiger charge is 2.15. The molecule has 3 nitrogen and oxygen atoms in total. The maximum atomic E-state index is 8.77. The fraction of sp³-hybridized carbons (Fsp3) is 0.900. The van der Waals surface area contributed by atoms with Crippen LogP contribution in [0.4, 0.5) is 0 Å². The summed E-state index contributed by atoms with van der Waals surface area (Å²) in [6, 6.07) is 0.434. The van der Waals surface area contributed by atoms with Crippen molar-refractivity contribution in [1.82, 2.24) is 4.90 Å². The number of nitrogens with zero attached hydrogens (tertiary/aromatic N) is 1. The van der Waals surface area contributed by atoms with Crippen molar-refractivity contribution in [2.45, 2.75) is 39.2 Å². The number of rotatable bonds is 8. The van der Waals surface area contributed by atoms with Crippen LogP contribution < -0.4 is 5.73 Å². The van der Waals surface area contributed by atoms with Gasteiger partial charge in [0.25, 0.3) is 0 Å². The summed E-state index contributed by atoms with van der Waals surface area (Å²) in [7, 11) is 0. The van der Waals surface area contributed by atoms with Crippen LogP contribution in [0.5, 0.6) is 0 Å². The molecule has 0 aromatic carbocycles. The van der Waals surface area contributed by atoms with Crippen LogP contribution in [0.1, 0.15) is 33.1 Å². The van der Waals surface area contributed by atoms with Gasteiger partial charge in [0.2, 0.25) is 0 Å². The Kier molecular flexibility index (Phi) is 8.04. The van der Waals surface area contributed by atoms with Crippen LogP contribution >= 0.6 is 12.2 Å². The van der Waals surface area contributed by atoms with Gasteiger partial charge in [0.15, 0.2) is 0 Å². The van der Waals surface area contributed by atoms with Crippen LogP contribution in [-0.2, 0) is 0 Å². The van der Waals surface area contributed by atoms with Crippen LogP contribution in [0.2, 0.25) is 0 Å². The minimum absolute atomic E-state index is 0.250. The van der Waals surface area contributed by atoms with E-state index in [4.69, 9.17) is 23.1 Å². The first kappa shape index (κ1) is 13.8. The molecule has 0 aromatic rings. The van der Waals surface area contributed by atoms with Crippen molar-refractivity contribution in [2.75, 3.05) is 19.7 Å². The summed E-state index contributed by atoms with van der Waals surface area (Å²) in [6.45, 7) is 6.43. The monoisotopic (exact) mass is 218 g/mol. The highest BCUT2D eigenvalue weighted by atomic mass is 32.1. The molecule has 4 heteroatoms. The summed E-state index contributed by atoms with van der Waals surface area (Å²) in [4.78, 5) is 2.91. The number of thiocarbonyl (C=S) groups is 1. The molecule has 0 aliphatic rings. The van der Waals surface area contributed by atoms with Crippen LogP contribution in [-0.4, -0.2) is 40.7 Å². The Labute approximate surface area is 92.3 Å². The average Bonchev–Trinajstić information content (AvgIpc) is 2.16. The largest absolute Gasteiger partial charge is 0.396 e. The molecule has 0 bridgehead atoms. The standard InChI is InChI=1S/C10H22N2OS/c1-3-9(8-10(11)14)12(4-2)6-5-7-13/h9,13H,3-8H2,1-2H3,(H2,11,14). The summed E-state index contributed by atoms with van der Waals surface area (Å²) >= 11 is 4.92. The van der Waals surface area contributed by atoms with Crippen molar-refractivity contribution in [2.24, 2.45) is 5.73 Å². The van der Waals surface area contributed by atoms with Crippen molar-refractivity contribution in [3.05, 3.63) is 0 Å². The SMILES string of the molecule is CCC(CC(N)=S)N(CC)CCCO. The number of nitrogens with two attached hydrogens (primary N) is 1. The predicted molar refractivity (Wildman–Crippen MR) is 64.4 cm³/mol. The molecular weight excluding hydrogens is 196 g/mol. The molecule has 1 atom stereocenters. The van der Waals surface area contributed by atoms with E-state index in [9.17, 15) is 0 Å². The van der Waals surface area contributed by atoms with Gasteiger partial charge in [0, 0.05) is 25.6 Å².